The van der Waals surface area contributed by atoms with Crippen molar-refractivity contribution < 1.29 is 0 Å². The zero-order valence-corrected chi connectivity index (χ0v) is 13.2. The number of fused-ring (bicyclic) bond motifs is 1. The van der Waals surface area contributed by atoms with E-state index in [0.717, 1.165) is 34.0 Å². The number of benzene rings is 1. The van der Waals surface area contributed by atoms with Crippen LogP contribution in [0.1, 0.15) is 11.4 Å². The minimum absolute atomic E-state index is 0.556. The lowest BCUT2D eigenvalue weighted by atomic mass is 10.1. The smallest absolute Gasteiger partial charge is 0.194 e. The number of nitrogens with zero attached hydrogens (tertiary/aromatic N) is 2. The number of thiazole rings is 1. The fraction of sp³-hybridized carbons (Fsp3) is 0.214. The molecule has 2 N–H and O–H groups in total. The van der Waals surface area contributed by atoms with Crippen LogP contribution in [0.4, 0.5) is 0 Å². The van der Waals surface area contributed by atoms with Gasteiger partial charge in [0.2, 0.25) is 0 Å². The van der Waals surface area contributed by atoms with Crippen molar-refractivity contribution in [3.63, 3.8) is 0 Å². The Hall–Kier alpha value is -1.07. The van der Waals surface area contributed by atoms with E-state index >= 15 is 0 Å². The summed E-state index contributed by atoms with van der Waals surface area (Å²) >= 11 is 13.7. The van der Waals surface area contributed by atoms with Crippen molar-refractivity contribution in [2.45, 2.75) is 13.3 Å². The van der Waals surface area contributed by atoms with E-state index in [1.165, 1.54) is 0 Å². The van der Waals surface area contributed by atoms with Gasteiger partial charge in [0, 0.05) is 23.1 Å². The van der Waals surface area contributed by atoms with Crippen molar-refractivity contribution >= 4 is 39.5 Å². The lowest BCUT2D eigenvalue weighted by Crippen LogP contribution is -2.06. The van der Waals surface area contributed by atoms with E-state index in [4.69, 9.17) is 28.9 Å². The molecule has 0 spiro atoms. The molecule has 0 radical (unpaired) electrons. The Morgan fingerprint density at radius 3 is 2.80 bits per heavy atom. The minimum atomic E-state index is 0.556. The zero-order chi connectivity index (χ0) is 14.3. The molecular formula is C14H13Cl2N3S. The molecule has 0 aliphatic rings. The average Bonchev–Trinajstić information content (AvgIpc) is 2.94. The number of aromatic nitrogens is 2. The first kappa shape index (κ1) is 13.9. The van der Waals surface area contributed by atoms with Gasteiger partial charge in [0.05, 0.1) is 21.4 Å². The summed E-state index contributed by atoms with van der Waals surface area (Å²) in [5, 5.41) is 3.20. The van der Waals surface area contributed by atoms with Crippen LogP contribution in [0.25, 0.3) is 16.2 Å². The van der Waals surface area contributed by atoms with Gasteiger partial charge in [-0.05, 0) is 25.6 Å². The summed E-state index contributed by atoms with van der Waals surface area (Å²) in [5.74, 6) is 0. The third-order valence-corrected chi connectivity index (χ3v) is 4.82. The molecule has 3 aromatic rings. The molecule has 1 aromatic carbocycles. The zero-order valence-electron chi connectivity index (χ0n) is 10.9. The van der Waals surface area contributed by atoms with E-state index in [1.54, 1.807) is 11.3 Å². The molecule has 0 saturated heterocycles. The maximum Gasteiger partial charge on any atom is 0.194 e. The van der Waals surface area contributed by atoms with Crippen LogP contribution in [0.2, 0.25) is 10.0 Å². The molecule has 0 unspecified atom stereocenters. The molecule has 0 amide bonds. The van der Waals surface area contributed by atoms with E-state index < -0.39 is 0 Å². The first-order chi connectivity index (χ1) is 9.61. The monoisotopic (exact) mass is 325 g/mol. The molecule has 0 fully saturated rings. The fourth-order valence-electron chi connectivity index (χ4n) is 2.31. The average molecular weight is 326 g/mol. The summed E-state index contributed by atoms with van der Waals surface area (Å²) in [7, 11) is 0. The number of imidazole rings is 1. The van der Waals surface area contributed by atoms with E-state index in [1.807, 2.05) is 25.1 Å². The van der Waals surface area contributed by atoms with Gasteiger partial charge in [0.25, 0.3) is 0 Å². The molecular weight excluding hydrogens is 313 g/mol. The molecule has 0 aliphatic heterocycles. The summed E-state index contributed by atoms with van der Waals surface area (Å²) in [6, 6.07) is 5.67. The van der Waals surface area contributed by atoms with Gasteiger partial charge in [-0.3, -0.25) is 4.40 Å². The summed E-state index contributed by atoms with van der Waals surface area (Å²) in [6.45, 7) is 2.62. The van der Waals surface area contributed by atoms with E-state index in [2.05, 4.69) is 14.8 Å². The Morgan fingerprint density at radius 2 is 2.10 bits per heavy atom. The number of rotatable bonds is 3. The maximum atomic E-state index is 6.11. The highest BCUT2D eigenvalue weighted by atomic mass is 35.5. The van der Waals surface area contributed by atoms with Crippen LogP contribution in [0.5, 0.6) is 0 Å². The van der Waals surface area contributed by atoms with Gasteiger partial charge in [0.1, 0.15) is 0 Å². The Balaban J connectivity index is 2.22. The van der Waals surface area contributed by atoms with Crippen molar-refractivity contribution in [1.29, 1.82) is 0 Å². The van der Waals surface area contributed by atoms with E-state index in [9.17, 15) is 0 Å². The van der Waals surface area contributed by atoms with E-state index in [-0.39, 0.29) is 0 Å². The Morgan fingerprint density at radius 1 is 1.30 bits per heavy atom. The number of halogens is 2. The van der Waals surface area contributed by atoms with Crippen LogP contribution in [0.15, 0.2) is 23.6 Å². The third-order valence-electron chi connectivity index (χ3n) is 3.26. The molecule has 2 aromatic heterocycles. The predicted octanol–water partition coefficient (Wildman–Crippen LogP) is 4.18. The molecule has 104 valence electrons. The predicted molar refractivity (Wildman–Crippen MR) is 86.0 cm³/mol. The number of hydrogen-bond donors (Lipinski definition) is 1. The van der Waals surface area contributed by atoms with Crippen molar-refractivity contribution in [3.8, 4) is 11.3 Å². The molecule has 0 aliphatic carbocycles. The molecule has 0 bridgehead atoms. The molecule has 20 heavy (non-hydrogen) atoms. The lowest BCUT2D eigenvalue weighted by molar-refractivity contribution is 0.899. The molecule has 6 heteroatoms. The highest BCUT2D eigenvalue weighted by Gasteiger charge is 2.15. The van der Waals surface area contributed by atoms with Crippen LogP contribution < -0.4 is 5.73 Å². The molecule has 2 heterocycles. The second-order valence-electron chi connectivity index (χ2n) is 4.55. The standard InChI is InChI=1S/C14H13Cl2N3S/c1-8-12(4-5-17)19-13(7-20-14(19)18-8)9-2-3-10(15)11(16)6-9/h2-3,6-7H,4-5,17H2,1H3. The van der Waals surface area contributed by atoms with Crippen LogP contribution in [-0.4, -0.2) is 15.9 Å². The first-order valence-electron chi connectivity index (χ1n) is 6.22. The van der Waals surface area contributed by atoms with Crippen LogP contribution in [0.3, 0.4) is 0 Å². The Labute approximate surface area is 131 Å². The fourth-order valence-corrected chi connectivity index (χ4v) is 3.57. The molecule has 0 saturated carbocycles. The Kier molecular flexibility index (Phi) is 3.73. The number of aryl methyl sites for hydroxylation is 1. The topological polar surface area (TPSA) is 43.3 Å². The summed E-state index contributed by atoms with van der Waals surface area (Å²) < 4.78 is 2.16. The van der Waals surface area contributed by atoms with Gasteiger partial charge >= 0.3 is 0 Å². The van der Waals surface area contributed by atoms with Gasteiger partial charge in [-0.1, -0.05) is 29.3 Å². The maximum absolute atomic E-state index is 6.11. The normalized spacial score (nSPS) is 11.4. The minimum Gasteiger partial charge on any atom is -0.330 e. The van der Waals surface area contributed by atoms with Crippen LogP contribution in [-0.2, 0) is 6.42 Å². The highest BCUT2D eigenvalue weighted by molar-refractivity contribution is 7.15. The van der Waals surface area contributed by atoms with Gasteiger partial charge < -0.3 is 5.73 Å². The number of nitrogens with two attached hydrogens (primary N) is 1. The first-order valence-corrected chi connectivity index (χ1v) is 7.86. The second kappa shape index (κ2) is 5.37. The van der Waals surface area contributed by atoms with Crippen molar-refractivity contribution in [2.75, 3.05) is 6.54 Å². The van der Waals surface area contributed by atoms with Crippen molar-refractivity contribution in [2.24, 2.45) is 5.73 Å². The largest absolute Gasteiger partial charge is 0.330 e. The van der Waals surface area contributed by atoms with Gasteiger partial charge in [-0.2, -0.15) is 0 Å². The lowest BCUT2D eigenvalue weighted by Gasteiger charge is -2.06. The summed E-state index contributed by atoms with van der Waals surface area (Å²) in [4.78, 5) is 5.56. The summed E-state index contributed by atoms with van der Waals surface area (Å²) in [6.07, 6.45) is 0.804. The van der Waals surface area contributed by atoms with Crippen LogP contribution >= 0.6 is 34.5 Å². The SMILES string of the molecule is Cc1nc2scc(-c3ccc(Cl)c(Cl)c3)n2c1CCN. The number of hydrogen-bond acceptors (Lipinski definition) is 3. The summed E-state index contributed by atoms with van der Waals surface area (Å²) in [5.41, 5.74) is 10.00. The van der Waals surface area contributed by atoms with Crippen molar-refractivity contribution in [3.05, 3.63) is 45.0 Å². The second-order valence-corrected chi connectivity index (χ2v) is 6.20. The van der Waals surface area contributed by atoms with E-state index in [0.29, 0.717) is 16.6 Å². The third kappa shape index (κ3) is 2.23. The molecule has 3 nitrogen and oxygen atoms in total. The van der Waals surface area contributed by atoms with Crippen molar-refractivity contribution in [1.82, 2.24) is 9.38 Å². The van der Waals surface area contributed by atoms with Gasteiger partial charge in [-0.25, -0.2) is 4.98 Å². The quantitative estimate of drug-likeness (QED) is 0.785. The Bertz CT molecular complexity index is 776. The van der Waals surface area contributed by atoms with Crippen LogP contribution in [0, 0.1) is 6.92 Å². The van der Waals surface area contributed by atoms with Gasteiger partial charge in [0.15, 0.2) is 4.96 Å². The molecule has 0 atom stereocenters. The van der Waals surface area contributed by atoms with Gasteiger partial charge in [-0.15, -0.1) is 11.3 Å². The molecule has 3 rings (SSSR count). The highest BCUT2D eigenvalue weighted by Crippen LogP contribution is 2.32.